The number of fused-ring (bicyclic) bond motifs is 2. The molecule has 2 heterocycles. The molecule has 0 spiro atoms. The third kappa shape index (κ3) is 2.55. The number of piperidine rings is 1. The van der Waals surface area contributed by atoms with E-state index in [1.807, 2.05) is 0 Å². The molecule has 98 valence electrons. The minimum absolute atomic E-state index is 0.134. The summed E-state index contributed by atoms with van der Waals surface area (Å²) in [6.45, 7) is 2.14. The van der Waals surface area contributed by atoms with E-state index in [2.05, 4.69) is 17.0 Å². The Bertz CT molecular complexity index is 281. The predicted octanol–water partition coefficient (Wildman–Crippen LogP) is 0.889. The highest BCUT2D eigenvalue weighted by molar-refractivity contribution is 5.80. The van der Waals surface area contributed by atoms with Crippen LogP contribution in [0.5, 0.6) is 0 Å². The van der Waals surface area contributed by atoms with Crippen LogP contribution in [0, 0.1) is 0 Å². The number of aliphatic hydroxyl groups excluding tert-OH is 1. The SMILES string of the molecule is CCC(CC(N)=NO)N1C2CCC1CC(O)C2. The smallest absolute Gasteiger partial charge is 0.140 e. The maximum atomic E-state index is 9.78. The molecule has 0 saturated carbocycles. The Morgan fingerprint density at radius 1 is 1.41 bits per heavy atom. The van der Waals surface area contributed by atoms with E-state index in [-0.39, 0.29) is 6.10 Å². The van der Waals surface area contributed by atoms with Gasteiger partial charge in [0.2, 0.25) is 0 Å². The van der Waals surface area contributed by atoms with Gasteiger partial charge < -0.3 is 16.0 Å². The van der Waals surface area contributed by atoms with Crippen molar-refractivity contribution in [1.82, 2.24) is 4.90 Å². The van der Waals surface area contributed by atoms with Crippen LogP contribution in [0.4, 0.5) is 0 Å². The number of nitrogens with two attached hydrogens (primary N) is 1. The fourth-order valence-corrected chi connectivity index (χ4v) is 3.52. The second-order valence-corrected chi connectivity index (χ2v) is 5.31. The normalized spacial score (nSPS) is 36.1. The molecule has 2 rings (SSSR count). The van der Waals surface area contributed by atoms with E-state index in [9.17, 15) is 5.11 Å². The highest BCUT2D eigenvalue weighted by Crippen LogP contribution is 2.38. The summed E-state index contributed by atoms with van der Waals surface area (Å²) >= 11 is 0. The van der Waals surface area contributed by atoms with Gasteiger partial charge in [-0.2, -0.15) is 0 Å². The van der Waals surface area contributed by atoms with Gasteiger partial charge in [-0.25, -0.2) is 0 Å². The van der Waals surface area contributed by atoms with Crippen molar-refractivity contribution in [3.63, 3.8) is 0 Å². The first kappa shape index (κ1) is 12.6. The lowest BCUT2D eigenvalue weighted by Crippen LogP contribution is -2.50. The fourth-order valence-electron chi connectivity index (χ4n) is 3.52. The van der Waals surface area contributed by atoms with E-state index in [1.165, 1.54) is 12.8 Å². The molecule has 0 aromatic rings. The number of nitrogens with zero attached hydrogens (tertiary/aromatic N) is 2. The molecule has 3 unspecified atom stereocenters. The quantitative estimate of drug-likeness (QED) is 0.295. The fraction of sp³-hybridized carbons (Fsp3) is 0.917. The Balaban J connectivity index is 2.05. The van der Waals surface area contributed by atoms with Gasteiger partial charge in [-0.05, 0) is 32.1 Å². The molecule has 0 radical (unpaired) electrons. The lowest BCUT2D eigenvalue weighted by molar-refractivity contribution is 0.0107. The van der Waals surface area contributed by atoms with Crippen LogP contribution in [0.1, 0.15) is 45.4 Å². The zero-order valence-corrected chi connectivity index (χ0v) is 10.4. The summed E-state index contributed by atoms with van der Waals surface area (Å²) in [4.78, 5) is 2.50. The van der Waals surface area contributed by atoms with E-state index in [0.717, 1.165) is 19.3 Å². The maximum Gasteiger partial charge on any atom is 0.140 e. The van der Waals surface area contributed by atoms with Crippen molar-refractivity contribution in [3.05, 3.63) is 0 Å². The number of hydrogen-bond donors (Lipinski definition) is 3. The summed E-state index contributed by atoms with van der Waals surface area (Å²) < 4.78 is 0. The van der Waals surface area contributed by atoms with Gasteiger partial charge in [0.15, 0.2) is 0 Å². The molecule has 17 heavy (non-hydrogen) atoms. The Labute approximate surface area is 102 Å². The van der Waals surface area contributed by atoms with Crippen LogP contribution in [0.25, 0.3) is 0 Å². The molecule has 2 fully saturated rings. The standard InChI is InChI=1S/C12H23N3O2/c1-2-8(7-12(13)14-17)15-9-3-4-10(15)6-11(16)5-9/h8-11,16-17H,2-7H2,1H3,(H2,13,14). The molecule has 5 heteroatoms. The van der Waals surface area contributed by atoms with Crippen LogP contribution in [0.15, 0.2) is 5.16 Å². The van der Waals surface area contributed by atoms with E-state index in [4.69, 9.17) is 10.9 Å². The van der Waals surface area contributed by atoms with Crippen LogP contribution in [0.3, 0.4) is 0 Å². The molecule has 2 bridgehead atoms. The summed E-state index contributed by atoms with van der Waals surface area (Å²) in [5, 5.41) is 21.5. The minimum Gasteiger partial charge on any atom is -0.409 e. The van der Waals surface area contributed by atoms with Crippen molar-refractivity contribution in [3.8, 4) is 0 Å². The molecule has 0 amide bonds. The highest BCUT2D eigenvalue weighted by Gasteiger charge is 2.42. The lowest BCUT2D eigenvalue weighted by atomic mass is 9.95. The molecule has 0 aliphatic carbocycles. The first-order valence-corrected chi connectivity index (χ1v) is 6.57. The van der Waals surface area contributed by atoms with Gasteiger partial charge in [0, 0.05) is 24.5 Å². The highest BCUT2D eigenvalue weighted by atomic mass is 16.4. The van der Waals surface area contributed by atoms with Crippen molar-refractivity contribution in [1.29, 1.82) is 0 Å². The average molecular weight is 241 g/mol. The number of oxime groups is 1. The Kier molecular flexibility index (Phi) is 3.89. The molecule has 5 nitrogen and oxygen atoms in total. The second-order valence-electron chi connectivity index (χ2n) is 5.31. The summed E-state index contributed by atoms with van der Waals surface area (Å²) in [7, 11) is 0. The minimum atomic E-state index is -0.134. The van der Waals surface area contributed by atoms with Gasteiger partial charge in [-0.1, -0.05) is 12.1 Å². The summed E-state index contributed by atoms with van der Waals surface area (Å²) in [5.41, 5.74) is 5.62. The van der Waals surface area contributed by atoms with Crippen LogP contribution >= 0.6 is 0 Å². The van der Waals surface area contributed by atoms with Crippen LogP contribution in [-0.4, -0.2) is 45.3 Å². The lowest BCUT2D eigenvalue weighted by Gasteiger charge is -2.42. The first-order chi connectivity index (χ1) is 8.15. The van der Waals surface area contributed by atoms with Crippen LogP contribution in [-0.2, 0) is 0 Å². The van der Waals surface area contributed by atoms with Gasteiger partial charge in [0.1, 0.15) is 5.84 Å². The summed E-state index contributed by atoms with van der Waals surface area (Å²) in [5.74, 6) is 0.308. The van der Waals surface area contributed by atoms with Gasteiger partial charge in [-0.15, -0.1) is 0 Å². The number of amidine groups is 1. The number of hydrogen-bond acceptors (Lipinski definition) is 4. The van der Waals surface area contributed by atoms with Crippen molar-refractivity contribution in [2.24, 2.45) is 10.9 Å². The monoisotopic (exact) mass is 241 g/mol. The summed E-state index contributed by atoms with van der Waals surface area (Å²) in [6, 6.07) is 1.32. The van der Waals surface area contributed by atoms with E-state index in [0.29, 0.717) is 30.4 Å². The van der Waals surface area contributed by atoms with E-state index in [1.54, 1.807) is 0 Å². The first-order valence-electron chi connectivity index (χ1n) is 6.57. The number of rotatable bonds is 4. The van der Waals surface area contributed by atoms with Gasteiger partial charge in [-0.3, -0.25) is 4.90 Å². The van der Waals surface area contributed by atoms with Crippen molar-refractivity contribution in [2.45, 2.75) is 69.7 Å². The third-order valence-electron chi connectivity index (χ3n) is 4.23. The van der Waals surface area contributed by atoms with Gasteiger partial charge in [0.05, 0.1) is 6.10 Å². The molecule has 3 atom stereocenters. The number of aliphatic hydroxyl groups is 1. The van der Waals surface area contributed by atoms with Crippen molar-refractivity contribution in [2.75, 3.05) is 0 Å². The zero-order valence-electron chi connectivity index (χ0n) is 10.4. The second kappa shape index (κ2) is 5.23. The molecule has 2 aliphatic rings. The summed E-state index contributed by atoms with van der Waals surface area (Å²) in [6.07, 6.45) is 5.59. The Hall–Kier alpha value is -0.810. The van der Waals surface area contributed by atoms with Crippen LogP contribution < -0.4 is 5.73 Å². The van der Waals surface area contributed by atoms with Gasteiger partial charge in [0.25, 0.3) is 0 Å². The predicted molar refractivity (Wildman–Crippen MR) is 66.0 cm³/mol. The van der Waals surface area contributed by atoms with Gasteiger partial charge >= 0.3 is 0 Å². The molecule has 4 N–H and O–H groups in total. The molecular formula is C12H23N3O2. The third-order valence-corrected chi connectivity index (χ3v) is 4.23. The largest absolute Gasteiger partial charge is 0.409 e. The maximum absolute atomic E-state index is 9.78. The molecular weight excluding hydrogens is 218 g/mol. The Morgan fingerprint density at radius 2 is 2.00 bits per heavy atom. The van der Waals surface area contributed by atoms with E-state index < -0.39 is 0 Å². The zero-order chi connectivity index (χ0) is 12.4. The van der Waals surface area contributed by atoms with Crippen molar-refractivity contribution < 1.29 is 10.3 Å². The van der Waals surface area contributed by atoms with Crippen molar-refractivity contribution >= 4 is 5.84 Å². The molecule has 2 saturated heterocycles. The average Bonchev–Trinajstić information content (AvgIpc) is 2.58. The molecule has 0 aromatic heterocycles. The van der Waals surface area contributed by atoms with Crippen LogP contribution in [0.2, 0.25) is 0 Å². The molecule has 0 aromatic carbocycles. The Morgan fingerprint density at radius 3 is 2.47 bits per heavy atom. The topological polar surface area (TPSA) is 82.1 Å². The molecule has 2 aliphatic heterocycles. The van der Waals surface area contributed by atoms with E-state index >= 15 is 0 Å².